The molecule has 1 unspecified atom stereocenters. The smallest absolute Gasteiger partial charge is 0.319 e. The second-order valence-corrected chi connectivity index (χ2v) is 6.21. The van der Waals surface area contributed by atoms with Gasteiger partial charge in [0.2, 0.25) is 0 Å². The van der Waals surface area contributed by atoms with E-state index in [9.17, 15) is 14.0 Å². The van der Waals surface area contributed by atoms with E-state index < -0.39 is 0 Å². The molecule has 3 amide bonds. The minimum Gasteiger partial charge on any atom is -0.337 e. The van der Waals surface area contributed by atoms with Crippen molar-refractivity contribution in [3.8, 4) is 0 Å². The number of likely N-dealkylation sites (tertiary alicyclic amines) is 1. The lowest BCUT2D eigenvalue weighted by Crippen LogP contribution is -2.40. The van der Waals surface area contributed by atoms with Crippen LogP contribution in [-0.4, -0.2) is 36.0 Å². The number of hydrogen-bond donors (Lipinski definition) is 2. The number of nitrogens with zero attached hydrogens (tertiary/aromatic N) is 1. The molecule has 25 heavy (non-hydrogen) atoms. The highest BCUT2D eigenvalue weighted by atomic mass is 19.1. The zero-order valence-corrected chi connectivity index (χ0v) is 14.0. The molecule has 1 aliphatic rings. The molecule has 1 heterocycles. The summed E-state index contributed by atoms with van der Waals surface area (Å²) in [6, 6.07) is 12.6. The summed E-state index contributed by atoms with van der Waals surface area (Å²) in [5, 5.41) is 5.51. The molecule has 6 heteroatoms. The van der Waals surface area contributed by atoms with Gasteiger partial charge in [-0.1, -0.05) is 17.7 Å². The first kappa shape index (κ1) is 17.0. The third-order valence-electron chi connectivity index (χ3n) is 4.18. The second-order valence-electron chi connectivity index (χ2n) is 6.21. The van der Waals surface area contributed by atoms with Gasteiger partial charge >= 0.3 is 6.03 Å². The molecule has 2 aromatic carbocycles. The van der Waals surface area contributed by atoms with E-state index in [0.29, 0.717) is 30.8 Å². The van der Waals surface area contributed by atoms with Gasteiger partial charge in [-0.05, 0) is 49.7 Å². The van der Waals surface area contributed by atoms with Crippen LogP contribution in [0.3, 0.4) is 0 Å². The Morgan fingerprint density at radius 3 is 2.64 bits per heavy atom. The van der Waals surface area contributed by atoms with Gasteiger partial charge < -0.3 is 15.5 Å². The quantitative estimate of drug-likeness (QED) is 0.901. The van der Waals surface area contributed by atoms with Crippen molar-refractivity contribution in [1.29, 1.82) is 0 Å². The van der Waals surface area contributed by atoms with E-state index in [1.165, 1.54) is 24.3 Å². The van der Waals surface area contributed by atoms with Crippen molar-refractivity contribution >= 4 is 17.6 Å². The highest BCUT2D eigenvalue weighted by Gasteiger charge is 2.28. The van der Waals surface area contributed by atoms with Crippen molar-refractivity contribution in [3.05, 3.63) is 65.5 Å². The largest absolute Gasteiger partial charge is 0.337 e. The van der Waals surface area contributed by atoms with Gasteiger partial charge in [0, 0.05) is 30.4 Å². The lowest BCUT2D eigenvalue weighted by molar-refractivity contribution is 0.0789. The molecule has 0 saturated carbocycles. The van der Waals surface area contributed by atoms with E-state index in [0.717, 1.165) is 5.56 Å². The van der Waals surface area contributed by atoms with Crippen molar-refractivity contribution in [3.63, 3.8) is 0 Å². The number of nitrogens with one attached hydrogen (secondary N) is 2. The molecule has 3 rings (SSSR count). The first-order valence-corrected chi connectivity index (χ1v) is 8.20. The minimum atomic E-state index is -0.360. The van der Waals surface area contributed by atoms with E-state index in [1.54, 1.807) is 11.0 Å². The summed E-state index contributed by atoms with van der Waals surface area (Å²) < 4.78 is 12.9. The van der Waals surface area contributed by atoms with Crippen molar-refractivity contribution in [2.75, 3.05) is 18.4 Å². The highest BCUT2D eigenvalue weighted by molar-refractivity contribution is 5.95. The Bertz CT molecular complexity index is 776. The first-order valence-electron chi connectivity index (χ1n) is 8.20. The Labute approximate surface area is 145 Å². The molecule has 5 nitrogen and oxygen atoms in total. The molecule has 130 valence electrons. The monoisotopic (exact) mass is 341 g/mol. The van der Waals surface area contributed by atoms with Gasteiger partial charge in [0.05, 0.1) is 0 Å². The molecular weight excluding hydrogens is 321 g/mol. The van der Waals surface area contributed by atoms with E-state index >= 15 is 0 Å². The number of amides is 3. The molecule has 0 aromatic heterocycles. The number of carbonyl (C=O) groups excluding carboxylic acids is 2. The van der Waals surface area contributed by atoms with Crippen LogP contribution in [0.5, 0.6) is 0 Å². The Hall–Kier alpha value is -2.89. The van der Waals surface area contributed by atoms with Crippen LogP contribution in [0.1, 0.15) is 22.3 Å². The molecule has 1 atom stereocenters. The Balaban J connectivity index is 1.53. The van der Waals surface area contributed by atoms with Gasteiger partial charge in [0.25, 0.3) is 5.91 Å². The normalized spacial score (nSPS) is 16.6. The molecule has 1 saturated heterocycles. The molecule has 2 N–H and O–H groups in total. The topological polar surface area (TPSA) is 61.4 Å². The van der Waals surface area contributed by atoms with E-state index in [2.05, 4.69) is 10.6 Å². The average molecular weight is 341 g/mol. The summed E-state index contributed by atoms with van der Waals surface area (Å²) in [5.74, 6) is -0.376. The lowest BCUT2D eigenvalue weighted by Gasteiger charge is -2.17. The van der Waals surface area contributed by atoms with Gasteiger partial charge in [-0.15, -0.1) is 0 Å². The zero-order valence-electron chi connectivity index (χ0n) is 14.0. The molecule has 2 aromatic rings. The predicted octanol–water partition coefficient (Wildman–Crippen LogP) is 3.17. The molecule has 1 aliphatic heterocycles. The SMILES string of the molecule is Cc1cccc(C(=O)N2CCC(NC(=O)Nc3ccc(F)cc3)C2)c1. The highest BCUT2D eigenvalue weighted by Crippen LogP contribution is 2.15. The third-order valence-corrected chi connectivity index (χ3v) is 4.18. The fraction of sp³-hybridized carbons (Fsp3) is 0.263. The second kappa shape index (κ2) is 7.34. The van der Waals surface area contributed by atoms with Crippen LogP contribution in [0.2, 0.25) is 0 Å². The Morgan fingerprint density at radius 2 is 1.92 bits per heavy atom. The number of anilines is 1. The van der Waals surface area contributed by atoms with Crippen molar-refractivity contribution < 1.29 is 14.0 Å². The summed E-state index contributed by atoms with van der Waals surface area (Å²) in [4.78, 5) is 26.3. The van der Waals surface area contributed by atoms with E-state index in [1.807, 2.05) is 25.1 Å². The fourth-order valence-electron chi connectivity index (χ4n) is 2.91. The molecule has 0 bridgehead atoms. The third kappa shape index (κ3) is 4.35. The number of urea groups is 1. The van der Waals surface area contributed by atoms with Crippen LogP contribution < -0.4 is 10.6 Å². The van der Waals surface area contributed by atoms with Crippen LogP contribution >= 0.6 is 0 Å². The number of rotatable bonds is 3. The molecular formula is C19H20FN3O2. The summed E-state index contributed by atoms with van der Waals surface area (Å²) in [5.41, 5.74) is 2.22. The molecule has 1 fully saturated rings. The molecule has 0 aliphatic carbocycles. The standard InChI is InChI=1S/C19H20FN3O2/c1-13-3-2-4-14(11-13)18(24)23-10-9-17(12-23)22-19(25)21-16-7-5-15(20)6-8-16/h2-8,11,17H,9-10,12H2,1H3,(H2,21,22,25). The Kier molecular flexibility index (Phi) is 4.97. The van der Waals surface area contributed by atoms with Gasteiger partial charge in [0.15, 0.2) is 0 Å². The summed E-state index contributed by atoms with van der Waals surface area (Å²) >= 11 is 0. The first-order chi connectivity index (χ1) is 12.0. The molecule has 0 radical (unpaired) electrons. The predicted molar refractivity (Wildman–Crippen MR) is 94.0 cm³/mol. The van der Waals surface area contributed by atoms with Crippen LogP contribution in [0.15, 0.2) is 48.5 Å². The maximum absolute atomic E-state index is 12.9. The van der Waals surface area contributed by atoms with Gasteiger partial charge in [0.1, 0.15) is 5.82 Å². The number of hydrogen-bond acceptors (Lipinski definition) is 2. The number of carbonyl (C=O) groups is 2. The van der Waals surface area contributed by atoms with Crippen LogP contribution in [0.25, 0.3) is 0 Å². The Morgan fingerprint density at radius 1 is 1.16 bits per heavy atom. The average Bonchev–Trinajstić information content (AvgIpc) is 3.04. The van der Waals surface area contributed by atoms with Crippen LogP contribution in [-0.2, 0) is 0 Å². The fourth-order valence-corrected chi connectivity index (χ4v) is 2.91. The van der Waals surface area contributed by atoms with Gasteiger partial charge in [-0.2, -0.15) is 0 Å². The van der Waals surface area contributed by atoms with Crippen molar-refractivity contribution in [1.82, 2.24) is 10.2 Å². The lowest BCUT2D eigenvalue weighted by atomic mass is 10.1. The number of benzene rings is 2. The number of aryl methyl sites for hydroxylation is 1. The summed E-state index contributed by atoms with van der Waals surface area (Å²) in [7, 11) is 0. The minimum absolute atomic E-state index is 0.0213. The van der Waals surface area contributed by atoms with Crippen molar-refractivity contribution in [2.24, 2.45) is 0 Å². The molecule has 0 spiro atoms. The number of halogens is 1. The van der Waals surface area contributed by atoms with Crippen molar-refractivity contribution in [2.45, 2.75) is 19.4 Å². The van der Waals surface area contributed by atoms with Gasteiger partial charge in [-0.3, -0.25) is 4.79 Å². The van der Waals surface area contributed by atoms with Crippen LogP contribution in [0, 0.1) is 12.7 Å². The zero-order chi connectivity index (χ0) is 17.8. The summed E-state index contributed by atoms with van der Waals surface area (Å²) in [6.45, 7) is 3.03. The van der Waals surface area contributed by atoms with Gasteiger partial charge in [-0.25, -0.2) is 9.18 Å². The van der Waals surface area contributed by atoms with E-state index in [4.69, 9.17) is 0 Å². The maximum atomic E-state index is 12.9. The van der Waals surface area contributed by atoms with Crippen LogP contribution in [0.4, 0.5) is 14.9 Å². The summed E-state index contributed by atoms with van der Waals surface area (Å²) in [6.07, 6.45) is 0.703. The van der Waals surface area contributed by atoms with E-state index in [-0.39, 0.29) is 23.8 Å². The maximum Gasteiger partial charge on any atom is 0.319 e.